The predicted molar refractivity (Wildman–Crippen MR) is 64.2 cm³/mol. The first-order valence-corrected chi connectivity index (χ1v) is 5.65. The molecule has 16 heavy (non-hydrogen) atoms. The summed E-state index contributed by atoms with van der Waals surface area (Å²) in [6.45, 7) is 3.32. The van der Waals surface area contributed by atoms with Gasteiger partial charge in [-0.2, -0.15) is 0 Å². The van der Waals surface area contributed by atoms with Crippen LogP contribution in [0.5, 0.6) is 0 Å². The Morgan fingerprint density at radius 3 is 3.00 bits per heavy atom. The average molecular weight is 219 g/mol. The summed E-state index contributed by atoms with van der Waals surface area (Å²) in [6, 6.07) is 7.97. The van der Waals surface area contributed by atoms with Gasteiger partial charge in [-0.3, -0.25) is 0 Å². The fourth-order valence-electron chi connectivity index (χ4n) is 1.69. The van der Waals surface area contributed by atoms with Crippen molar-refractivity contribution in [3.05, 3.63) is 36.1 Å². The lowest BCUT2D eigenvalue weighted by Gasteiger charge is -2.08. The average Bonchev–Trinajstić information content (AvgIpc) is 2.73. The van der Waals surface area contributed by atoms with E-state index in [2.05, 4.69) is 5.32 Å². The monoisotopic (exact) mass is 219 g/mol. The van der Waals surface area contributed by atoms with Gasteiger partial charge in [-0.1, -0.05) is 25.1 Å². The molecule has 0 fully saturated rings. The maximum Gasteiger partial charge on any atom is 0.134 e. The van der Waals surface area contributed by atoms with Crippen LogP contribution in [-0.4, -0.2) is 17.8 Å². The standard InChI is InChI=1S/C13H17NO2/c1-2-11(15)8-14-7-10-9-16-13-6-4-3-5-12(10)13/h3-6,9,11,14-15H,2,7-8H2,1H3. The predicted octanol–water partition coefficient (Wildman–Crippen LogP) is 2.29. The summed E-state index contributed by atoms with van der Waals surface area (Å²) in [5, 5.41) is 13.8. The minimum Gasteiger partial charge on any atom is -0.464 e. The molecule has 1 aromatic heterocycles. The zero-order valence-corrected chi connectivity index (χ0v) is 9.44. The van der Waals surface area contributed by atoms with E-state index < -0.39 is 0 Å². The smallest absolute Gasteiger partial charge is 0.134 e. The zero-order valence-electron chi connectivity index (χ0n) is 9.44. The van der Waals surface area contributed by atoms with Gasteiger partial charge < -0.3 is 14.8 Å². The molecule has 2 aromatic rings. The van der Waals surface area contributed by atoms with Crippen LogP contribution in [0, 0.1) is 0 Å². The Morgan fingerprint density at radius 1 is 1.38 bits per heavy atom. The van der Waals surface area contributed by atoms with E-state index in [0.717, 1.165) is 29.5 Å². The number of furan rings is 1. The van der Waals surface area contributed by atoms with Gasteiger partial charge in [0, 0.05) is 24.0 Å². The molecule has 3 heteroatoms. The first kappa shape index (κ1) is 11.2. The number of hydrogen-bond acceptors (Lipinski definition) is 3. The van der Waals surface area contributed by atoms with Crippen molar-refractivity contribution in [1.29, 1.82) is 0 Å². The zero-order chi connectivity index (χ0) is 11.4. The van der Waals surface area contributed by atoms with Crippen LogP contribution < -0.4 is 5.32 Å². The highest BCUT2D eigenvalue weighted by atomic mass is 16.3. The second kappa shape index (κ2) is 5.14. The third-order valence-electron chi connectivity index (χ3n) is 2.73. The fourth-order valence-corrected chi connectivity index (χ4v) is 1.69. The molecule has 0 radical (unpaired) electrons. The van der Waals surface area contributed by atoms with E-state index in [4.69, 9.17) is 4.42 Å². The van der Waals surface area contributed by atoms with Gasteiger partial charge in [0.15, 0.2) is 0 Å². The van der Waals surface area contributed by atoms with Gasteiger partial charge in [-0.05, 0) is 12.5 Å². The normalized spacial score (nSPS) is 13.1. The number of fused-ring (bicyclic) bond motifs is 1. The Hall–Kier alpha value is -1.32. The molecule has 1 atom stereocenters. The minimum atomic E-state index is -0.266. The molecule has 2 N–H and O–H groups in total. The maximum atomic E-state index is 9.41. The SMILES string of the molecule is CCC(O)CNCc1coc2ccccc12. The quantitative estimate of drug-likeness (QED) is 0.811. The van der Waals surface area contributed by atoms with Crippen molar-refractivity contribution in [3.63, 3.8) is 0 Å². The van der Waals surface area contributed by atoms with Crippen molar-refractivity contribution >= 4 is 11.0 Å². The summed E-state index contributed by atoms with van der Waals surface area (Å²) < 4.78 is 5.43. The molecule has 1 heterocycles. The first-order chi connectivity index (χ1) is 7.81. The molecule has 3 nitrogen and oxygen atoms in total. The summed E-state index contributed by atoms with van der Waals surface area (Å²) in [5.74, 6) is 0. The highest BCUT2D eigenvalue weighted by Gasteiger charge is 2.05. The second-order valence-corrected chi connectivity index (χ2v) is 3.95. The van der Waals surface area contributed by atoms with Gasteiger partial charge >= 0.3 is 0 Å². The first-order valence-electron chi connectivity index (χ1n) is 5.65. The van der Waals surface area contributed by atoms with Crippen LogP contribution in [-0.2, 0) is 6.54 Å². The summed E-state index contributed by atoms with van der Waals surface area (Å²) >= 11 is 0. The third kappa shape index (κ3) is 2.43. The molecule has 2 rings (SSSR count). The number of hydrogen-bond donors (Lipinski definition) is 2. The molecule has 86 valence electrons. The van der Waals surface area contributed by atoms with Gasteiger partial charge in [0.25, 0.3) is 0 Å². The van der Waals surface area contributed by atoms with Crippen molar-refractivity contribution in [2.45, 2.75) is 26.0 Å². The van der Waals surface area contributed by atoms with E-state index in [1.807, 2.05) is 31.2 Å². The molecule has 0 aliphatic carbocycles. The van der Waals surface area contributed by atoms with Crippen LogP contribution in [0.3, 0.4) is 0 Å². The van der Waals surface area contributed by atoms with E-state index in [9.17, 15) is 5.11 Å². The topological polar surface area (TPSA) is 45.4 Å². The number of rotatable bonds is 5. The molecule has 0 amide bonds. The molecule has 0 saturated heterocycles. The molecule has 0 aliphatic rings. The number of aliphatic hydroxyl groups excluding tert-OH is 1. The molecule has 0 saturated carbocycles. The van der Waals surface area contributed by atoms with Crippen molar-refractivity contribution in [2.24, 2.45) is 0 Å². The van der Waals surface area contributed by atoms with Crippen LogP contribution in [0.25, 0.3) is 11.0 Å². The molecule has 0 aliphatic heterocycles. The molecule has 1 aromatic carbocycles. The van der Waals surface area contributed by atoms with E-state index in [0.29, 0.717) is 6.54 Å². The second-order valence-electron chi connectivity index (χ2n) is 3.95. The highest BCUT2D eigenvalue weighted by Crippen LogP contribution is 2.20. The Balaban J connectivity index is 1.99. The van der Waals surface area contributed by atoms with Crippen LogP contribution in [0.15, 0.2) is 34.9 Å². The van der Waals surface area contributed by atoms with Crippen molar-refractivity contribution in [1.82, 2.24) is 5.32 Å². The van der Waals surface area contributed by atoms with E-state index in [1.54, 1.807) is 6.26 Å². The fraction of sp³-hybridized carbons (Fsp3) is 0.385. The third-order valence-corrected chi connectivity index (χ3v) is 2.73. The molecule has 0 spiro atoms. The maximum absolute atomic E-state index is 9.41. The van der Waals surface area contributed by atoms with Gasteiger partial charge in [0.2, 0.25) is 0 Å². The number of nitrogens with one attached hydrogen (secondary N) is 1. The Labute approximate surface area is 95.1 Å². The number of benzene rings is 1. The molecular formula is C13H17NO2. The summed E-state index contributed by atoms with van der Waals surface area (Å²) in [4.78, 5) is 0. The van der Waals surface area contributed by atoms with Crippen LogP contribution in [0.4, 0.5) is 0 Å². The van der Waals surface area contributed by atoms with Crippen molar-refractivity contribution in [2.75, 3.05) is 6.54 Å². The lowest BCUT2D eigenvalue weighted by Crippen LogP contribution is -2.25. The summed E-state index contributed by atoms with van der Waals surface area (Å²) in [7, 11) is 0. The minimum absolute atomic E-state index is 0.266. The van der Waals surface area contributed by atoms with Crippen molar-refractivity contribution in [3.8, 4) is 0 Å². The van der Waals surface area contributed by atoms with Gasteiger partial charge in [-0.25, -0.2) is 0 Å². The van der Waals surface area contributed by atoms with E-state index in [-0.39, 0.29) is 6.10 Å². The summed E-state index contributed by atoms with van der Waals surface area (Å²) in [6.07, 6.45) is 2.29. The van der Waals surface area contributed by atoms with Gasteiger partial charge in [0.1, 0.15) is 5.58 Å². The highest BCUT2D eigenvalue weighted by molar-refractivity contribution is 5.80. The van der Waals surface area contributed by atoms with Crippen molar-refractivity contribution < 1.29 is 9.52 Å². The molecule has 0 bridgehead atoms. The Kier molecular flexibility index (Phi) is 3.59. The lowest BCUT2D eigenvalue weighted by atomic mass is 10.2. The van der Waals surface area contributed by atoms with Crippen LogP contribution in [0.1, 0.15) is 18.9 Å². The van der Waals surface area contributed by atoms with Crippen LogP contribution in [0.2, 0.25) is 0 Å². The molecule has 1 unspecified atom stereocenters. The summed E-state index contributed by atoms with van der Waals surface area (Å²) in [5.41, 5.74) is 2.05. The molecular weight excluding hydrogens is 202 g/mol. The van der Waals surface area contributed by atoms with Crippen LogP contribution >= 0.6 is 0 Å². The van der Waals surface area contributed by atoms with Gasteiger partial charge in [-0.15, -0.1) is 0 Å². The van der Waals surface area contributed by atoms with E-state index >= 15 is 0 Å². The van der Waals surface area contributed by atoms with Gasteiger partial charge in [0.05, 0.1) is 12.4 Å². The lowest BCUT2D eigenvalue weighted by molar-refractivity contribution is 0.167. The largest absolute Gasteiger partial charge is 0.464 e. The number of aliphatic hydroxyl groups is 1. The van der Waals surface area contributed by atoms with E-state index in [1.165, 1.54) is 0 Å². The Morgan fingerprint density at radius 2 is 2.19 bits per heavy atom. The number of para-hydroxylation sites is 1. The Bertz CT molecular complexity index is 450.